The Bertz CT molecular complexity index is 436. The van der Waals surface area contributed by atoms with E-state index in [9.17, 15) is 4.91 Å². The van der Waals surface area contributed by atoms with Gasteiger partial charge in [0.05, 0.1) is 10.8 Å². The molecule has 4 heteroatoms. The van der Waals surface area contributed by atoms with Gasteiger partial charge in [-0.3, -0.25) is 0 Å². The first-order valence-electron chi connectivity index (χ1n) is 3.41. The van der Waals surface area contributed by atoms with Gasteiger partial charge < -0.3 is 0 Å². The van der Waals surface area contributed by atoms with Crippen LogP contribution < -0.4 is 0 Å². The van der Waals surface area contributed by atoms with Crippen molar-refractivity contribution in [2.24, 2.45) is 5.29 Å². The topological polar surface area (TPSA) is 34.4 Å². The standard InChI is InChI=1S/C8H5BrN2O/c9-7-1-2-8-6(5-7)3-4-11(8)10-12/h1-5H. The molecule has 0 atom stereocenters. The number of benzene rings is 1. The van der Waals surface area contributed by atoms with Crippen LogP contribution in [0.2, 0.25) is 0 Å². The number of nitroso groups, excluding NO2 is 1. The molecular weight excluding hydrogens is 220 g/mol. The molecule has 0 amide bonds. The fourth-order valence-electron chi connectivity index (χ4n) is 1.17. The van der Waals surface area contributed by atoms with Gasteiger partial charge in [-0.05, 0) is 24.3 Å². The molecule has 3 nitrogen and oxygen atoms in total. The van der Waals surface area contributed by atoms with E-state index in [1.807, 2.05) is 24.3 Å². The Labute approximate surface area is 77.1 Å². The Hall–Kier alpha value is -1.16. The summed E-state index contributed by atoms with van der Waals surface area (Å²) in [5, 5.41) is 3.84. The van der Waals surface area contributed by atoms with E-state index in [-0.39, 0.29) is 0 Å². The van der Waals surface area contributed by atoms with Crippen LogP contribution in [-0.2, 0) is 0 Å². The molecule has 12 heavy (non-hydrogen) atoms. The predicted molar refractivity (Wildman–Crippen MR) is 50.8 cm³/mol. The molecular formula is C8H5BrN2O. The zero-order valence-electron chi connectivity index (χ0n) is 6.07. The summed E-state index contributed by atoms with van der Waals surface area (Å²) < 4.78 is 2.31. The van der Waals surface area contributed by atoms with Crippen LogP contribution in [0.3, 0.4) is 0 Å². The van der Waals surface area contributed by atoms with Gasteiger partial charge in [-0.25, -0.2) is 4.68 Å². The van der Waals surface area contributed by atoms with Crippen molar-refractivity contribution in [1.82, 2.24) is 4.68 Å². The van der Waals surface area contributed by atoms with Gasteiger partial charge in [-0.1, -0.05) is 15.9 Å². The first-order valence-corrected chi connectivity index (χ1v) is 4.21. The molecule has 1 heterocycles. The van der Waals surface area contributed by atoms with Crippen LogP contribution in [0.4, 0.5) is 0 Å². The predicted octanol–water partition coefficient (Wildman–Crippen LogP) is 2.93. The first-order chi connectivity index (χ1) is 5.81. The fraction of sp³-hybridized carbons (Fsp3) is 0. The average molecular weight is 225 g/mol. The van der Waals surface area contributed by atoms with Crippen LogP contribution >= 0.6 is 15.9 Å². The molecule has 0 fully saturated rings. The summed E-state index contributed by atoms with van der Waals surface area (Å²) in [6, 6.07) is 7.52. The second kappa shape index (κ2) is 2.71. The van der Waals surface area contributed by atoms with Gasteiger partial charge in [-0.15, -0.1) is 4.91 Å². The largest absolute Gasteiger partial charge is 0.204 e. The van der Waals surface area contributed by atoms with Gasteiger partial charge in [0.25, 0.3) is 0 Å². The molecule has 0 spiro atoms. The third-order valence-electron chi connectivity index (χ3n) is 1.72. The molecule has 0 aliphatic carbocycles. The summed E-state index contributed by atoms with van der Waals surface area (Å²) in [5.41, 5.74) is 0.827. The maximum absolute atomic E-state index is 10.3. The van der Waals surface area contributed by atoms with E-state index in [1.165, 1.54) is 4.68 Å². The average Bonchev–Trinajstić information content (AvgIpc) is 2.46. The zero-order valence-corrected chi connectivity index (χ0v) is 7.65. The van der Waals surface area contributed by atoms with Gasteiger partial charge in [0.15, 0.2) is 0 Å². The Morgan fingerprint density at radius 2 is 2.17 bits per heavy atom. The van der Waals surface area contributed by atoms with Gasteiger partial charge in [0, 0.05) is 16.1 Å². The minimum atomic E-state index is 0.827. The molecule has 1 aromatic carbocycles. The van der Waals surface area contributed by atoms with E-state index < -0.39 is 0 Å². The maximum Gasteiger partial charge on any atom is 0.0751 e. The Morgan fingerprint density at radius 3 is 2.92 bits per heavy atom. The summed E-state index contributed by atoms with van der Waals surface area (Å²) in [6.07, 6.45) is 1.64. The van der Waals surface area contributed by atoms with Crippen molar-refractivity contribution in [3.05, 3.63) is 39.8 Å². The van der Waals surface area contributed by atoms with E-state index >= 15 is 0 Å². The van der Waals surface area contributed by atoms with Gasteiger partial charge in [0.1, 0.15) is 0 Å². The molecule has 2 aromatic rings. The van der Waals surface area contributed by atoms with E-state index in [0.717, 1.165) is 15.4 Å². The Kier molecular flexibility index (Phi) is 1.69. The van der Waals surface area contributed by atoms with Crippen LogP contribution in [0.1, 0.15) is 0 Å². The van der Waals surface area contributed by atoms with Crippen molar-refractivity contribution in [2.75, 3.05) is 0 Å². The summed E-state index contributed by atoms with van der Waals surface area (Å²) >= 11 is 3.35. The van der Waals surface area contributed by atoms with E-state index in [1.54, 1.807) is 6.20 Å². The van der Waals surface area contributed by atoms with Gasteiger partial charge >= 0.3 is 0 Å². The van der Waals surface area contributed by atoms with Gasteiger partial charge in [0.2, 0.25) is 0 Å². The van der Waals surface area contributed by atoms with Crippen molar-refractivity contribution < 1.29 is 0 Å². The summed E-state index contributed by atoms with van der Waals surface area (Å²) in [6.45, 7) is 0. The maximum atomic E-state index is 10.3. The first kappa shape index (κ1) is 7.49. The Morgan fingerprint density at radius 1 is 1.33 bits per heavy atom. The minimum absolute atomic E-state index is 0.827. The summed E-state index contributed by atoms with van der Waals surface area (Å²) in [5.74, 6) is 0. The van der Waals surface area contributed by atoms with Crippen LogP contribution in [0.15, 0.2) is 40.2 Å². The molecule has 0 radical (unpaired) electrons. The molecule has 0 N–H and O–H groups in total. The van der Waals surface area contributed by atoms with Crippen molar-refractivity contribution in [3.63, 3.8) is 0 Å². The lowest BCUT2D eigenvalue weighted by molar-refractivity contribution is 0.913. The summed E-state index contributed by atoms with van der Waals surface area (Å²) in [4.78, 5) is 10.3. The molecule has 0 saturated heterocycles. The van der Waals surface area contributed by atoms with E-state index in [2.05, 4.69) is 21.2 Å². The molecule has 0 aliphatic rings. The number of halogens is 1. The minimum Gasteiger partial charge on any atom is -0.204 e. The SMILES string of the molecule is O=Nn1ccc2cc(Br)ccc21. The second-order valence-corrected chi connectivity index (χ2v) is 3.36. The zero-order chi connectivity index (χ0) is 8.55. The molecule has 1 aromatic heterocycles. The van der Waals surface area contributed by atoms with Crippen LogP contribution in [0, 0.1) is 4.91 Å². The number of hydrogen-bond donors (Lipinski definition) is 0. The normalized spacial score (nSPS) is 10.4. The highest BCUT2D eigenvalue weighted by Gasteiger charge is 1.99. The smallest absolute Gasteiger partial charge is 0.0751 e. The summed E-state index contributed by atoms with van der Waals surface area (Å²) in [7, 11) is 0. The van der Waals surface area contributed by atoms with Crippen LogP contribution in [0.5, 0.6) is 0 Å². The quantitative estimate of drug-likeness (QED) is 0.687. The lowest BCUT2D eigenvalue weighted by Crippen LogP contribution is -1.81. The number of fused-ring (bicyclic) bond motifs is 1. The van der Waals surface area contributed by atoms with E-state index in [0.29, 0.717) is 0 Å². The molecule has 60 valence electrons. The second-order valence-electron chi connectivity index (χ2n) is 2.45. The lowest BCUT2D eigenvalue weighted by Gasteiger charge is -1.92. The van der Waals surface area contributed by atoms with Crippen molar-refractivity contribution in [2.45, 2.75) is 0 Å². The molecule has 0 unspecified atom stereocenters. The molecule has 0 saturated carbocycles. The van der Waals surface area contributed by atoms with Crippen LogP contribution in [-0.4, -0.2) is 4.68 Å². The highest BCUT2D eigenvalue weighted by molar-refractivity contribution is 9.10. The van der Waals surface area contributed by atoms with E-state index in [4.69, 9.17) is 0 Å². The van der Waals surface area contributed by atoms with Crippen molar-refractivity contribution in [1.29, 1.82) is 0 Å². The van der Waals surface area contributed by atoms with Gasteiger partial charge in [-0.2, -0.15) is 0 Å². The number of nitrogens with zero attached hydrogens (tertiary/aromatic N) is 2. The lowest BCUT2D eigenvalue weighted by atomic mass is 10.3. The Balaban J connectivity index is 2.81. The number of aromatic nitrogens is 1. The monoisotopic (exact) mass is 224 g/mol. The highest BCUT2D eigenvalue weighted by Crippen LogP contribution is 2.20. The van der Waals surface area contributed by atoms with Crippen LogP contribution in [0.25, 0.3) is 10.9 Å². The fourth-order valence-corrected chi connectivity index (χ4v) is 1.55. The molecule has 0 aliphatic heterocycles. The third-order valence-corrected chi connectivity index (χ3v) is 2.21. The highest BCUT2D eigenvalue weighted by atomic mass is 79.9. The molecule has 0 bridgehead atoms. The third kappa shape index (κ3) is 1.04. The molecule has 2 rings (SSSR count). The van der Waals surface area contributed by atoms with Crippen molar-refractivity contribution >= 4 is 26.8 Å². The number of hydrogen-bond acceptors (Lipinski definition) is 2. The van der Waals surface area contributed by atoms with Crippen molar-refractivity contribution in [3.8, 4) is 0 Å². The number of rotatable bonds is 1.